The molecule has 0 unspecified atom stereocenters. The minimum Gasteiger partial charge on any atom is -0.357 e. The van der Waals surface area contributed by atoms with Crippen molar-refractivity contribution in [3.8, 4) is 0 Å². The molecule has 1 amide bonds. The zero-order chi connectivity index (χ0) is 13.7. The monoisotopic (exact) mass is 262 g/mol. The minimum absolute atomic E-state index is 0.00865. The number of hydrogen-bond donors (Lipinski definition) is 0. The molecule has 19 heavy (non-hydrogen) atoms. The van der Waals surface area contributed by atoms with E-state index in [0.717, 1.165) is 18.9 Å². The second-order valence-corrected chi connectivity index (χ2v) is 4.79. The molecule has 0 saturated carbocycles. The summed E-state index contributed by atoms with van der Waals surface area (Å²) in [6, 6.07) is 1.83. The fourth-order valence-corrected chi connectivity index (χ4v) is 2.43. The second-order valence-electron chi connectivity index (χ2n) is 4.79. The van der Waals surface area contributed by atoms with Crippen LogP contribution in [0.4, 0.5) is 5.82 Å². The van der Waals surface area contributed by atoms with Gasteiger partial charge in [-0.15, -0.1) is 0 Å². The maximum Gasteiger partial charge on any atom is 0.272 e. The minimum atomic E-state index is -0.00865. The Morgan fingerprint density at radius 1 is 1.21 bits per heavy atom. The number of rotatable bonds is 4. The Labute approximate surface area is 114 Å². The quantitative estimate of drug-likeness (QED) is 0.832. The van der Waals surface area contributed by atoms with Gasteiger partial charge in [-0.1, -0.05) is 0 Å². The van der Waals surface area contributed by atoms with Crippen LogP contribution in [0.25, 0.3) is 0 Å². The number of carbonyl (C=O) groups is 1. The number of nitrogens with zero attached hydrogens (tertiary/aromatic N) is 4. The highest BCUT2D eigenvalue weighted by molar-refractivity contribution is 5.92. The Kier molecular flexibility index (Phi) is 4.71. The zero-order valence-electron chi connectivity index (χ0n) is 11.8. The SMILES string of the molecule is CCN(CC)C(=O)c1cc(N2CCCCC2)ncn1. The highest BCUT2D eigenvalue weighted by Gasteiger charge is 2.17. The van der Waals surface area contributed by atoms with E-state index in [-0.39, 0.29) is 5.91 Å². The van der Waals surface area contributed by atoms with Crippen LogP contribution < -0.4 is 4.90 Å². The Morgan fingerprint density at radius 2 is 1.89 bits per heavy atom. The molecule has 0 atom stereocenters. The summed E-state index contributed by atoms with van der Waals surface area (Å²) in [5.41, 5.74) is 0.499. The van der Waals surface area contributed by atoms with Gasteiger partial charge in [-0.2, -0.15) is 0 Å². The molecule has 104 valence electrons. The lowest BCUT2D eigenvalue weighted by Crippen LogP contribution is -2.33. The van der Waals surface area contributed by atoms with Crippen molar-refractivity contribution >= 4 is 11.7 Å². The average Bonchev–Trinajstić information content (AvgIpc) is 2.49. The van der Waals surface area contributed by atoms with Crippen LogP contribution in [0.2, 0.25) is 0 Å². The third-order valence-electron chi connectivity index (χ3n) is 3.60. The maximum atomic E-state index is 12.3. The van der Waals surface area contributed by atoms with E-state index in [1.807, 2.05) is 19.9 Å². The molecular weight excluding hydrogens is 240 g/mol. The molecule has 0 N–H and O–H groups in total. The van der Waals surface area contributed by atoms with E-state index < -0.39 is 0 Å². The average molecular weight is 262 g/mol. The van der Waals surface area contributed by atoms with Crippen LogP contribution in [0, 0.1) is 0 Å². The fraction of sp³-hybridized carbons (Fsp3) is 0.643. The van der Waals surface area contributed by atoms with Crippen LogP contribution >= 0.6 is 0 Å². The highest BCUT2D eigenvalue weighted by Crippen LogP contribution is 2.17. The molecule has 1 aromatic rings. The van der Waals surface area contributed by atoms with Crippen molar-refractivity contribution in [2.24, 2.45) is 0 Å². The largest absolute Gasteiger partial charge is 0.357 e. The molecule has 1 aromatic heterocycles. The summed E-state index contributed by atoms with van der Waals surface area (Å²) in [7, 11) is 0. The first-order chi connectivity index (χ1) is 9.26. The van der Waals surface area contributed by atoms with Gasteiger partial charge in [-0.05, 0) is 33.1 Å². The van der Waals surface area contributed by atoms with Gasteiger partial charge >= 0.3 is 0 Å². The normalized spacial score (nSPS) is 15.4. The molecule has 1 aliphatic rings. The first-order valence-electron chi connectivity index (χ1n) is 7.12. The van der Waals surface area contributed by atoms with Gasteiger partial charge in [0.1, 0.15) is 17.8 Å². The van der Waals surface area contributed by atoms with Gasteiger partial charge in [0.25, 0.3) is 5.91 Å². The molecule has 0 aliphatic carbocycles. The molecule has 5 heteroatoms. The van der Waals surface area contributed by atoms with Crippen molar-refractivity contribution in [2.75, 3.05) is 31.1 Å². The van der Waals surface area contributed by atoms with E-state index in [9.17, 15) is 4.79 Å². The van der Waals surface area contributed by atoms with Crippen LogP contribution in [0.3, 0.4) is 0 Å². The summed E-state index contributed by atoms with van der Waals surface area (Å²) < 4.78 is 0. The van der Waals surface area contributed by atoms with Gasteiger partial charge in [0, 0.05) is 32.2 Å². The molecule has 0 aromatic carbocycles. The molecular formula is C14H22N4O. The van der Waals surface area contributed by atoms with Crippen molar-refractivity contribution in [1.82, 2.24) is 14.9 Å². The number of piperidine rings is 1. The van der Waals surface area contributed by atoms with Crippen LogP contribution in [-0.4, -0.2) is 47.0 Å². The summed E-state index contributed by atoms with van der Waals surface area (Å²) in [5.74, 6) is 0.871. The first kappa shape index (κ1) is 13.8. The van der Waals surface area contributed by atoms with Crippen molar-refractivity contribution in [1.29, 1.82) is 0 Å². The predicted octanol–water partition coefficient (Wildman–Crippen LogP) is 1.95. The Hall–Kier alpha value is -1.65. The van der Waals surface area contributed by atoms with Crippen LogP contribution in [0.15, 0.2) is 12.4 Å². The fourth-order valence-electron chi connectivity index (χ4n) is 2.43. The molecule has 0 spiro atoms. The summed E-state index contributed by atoms with van der Waals surface area (Å²) in [6.07, 6.45) is 5.18. The number of carbonyl (C=O) groups excluding carboxylic acids is 1. The zero-order valence-corrected chi connectivity index (χ0v) is 11.8. The molecule has 1 fully saturated rings. The Bertz CT molecular complexity index is 425. The lowest BCUT2D eigenvalue weighted by molar-refractivity contribution is 0.0767. The Morgan fingerprint density at radius 3 is 2.53 bits per heavy atom. The lowest BCUT2D eigenvalue weighted by atomic mass is 10.1. The first-order valence-corrected chi connectivity index (χ1v) is 7.12. The molecule has 1 aliphatic heterocycles. The number of hydrogen-bond acceptors (Lipinski definition) is 4. The summed E-state index contributed by atoms with van der Waals surface area (Å²) >= 11 is 0. The third kappa shape index (κ3) is 3.22. The van der Waals surface area contributed by atoms with Crippen LogP contribution in [-0.2, 0) is 0 Å². The summed E-state index contributed by atoms with van der Waals surface area (Å²) in [4.78, 5) is 24.7. The number of aromatic nitrogens is 2. The number of anilines is 1. The molecule has 2 rings (SSSR count). The molecule has 5 nitrogen and oxygen atoms in total. The van der Waals surface area contributed by atoms with Crippen molar-refractivity contribution in [3.63, 3.8) is 0 Å². The van der Waals surface area contributed by atoms with E-state index in [0.29, 0.717) is 18.8 Å². The van der Waals surface area contributed by atoms with Crippen molar-refractivity contribution < 1.29 is 4.79 Å². The van der Waals surface area contributed by atoms with Gasteiger partial charge in [0.2, 0.25) is 0 Å². The van der Waals surface area contributed by atoms with Gasteiger partial charge in [-0.25, -0.2) is 9.97 Å². The lowest BCUT2D eigenvalue weighted by Gasteiger charge is -2.28. The second kappa shape index (κ2) is 6.50. The van der Waals surface area contributed by atoms with Crippen LogP contribution in [0.5, 0.6) is 0 Å². The van der Waals surface area contributed by atoms with Gasteiger partial charge in [0.15, 0.2) is 0 Å². The predicted molar refractivity (Wildman–Crippen MR) is 75.3 cm³/mol. The molecule has 0 radical (unpaired) electrons. The van der Waals surface area contributed by atoms with E-state index in [4.69, 9.17) is 0 Å². The van der Waals surface area contributed by atoms with Crippen molar-refractivity contribution in [2.45, 2.75) is 33.1 Å². The standard InChI is InChI=1S/C14H22N4O/c1-3-17(4-2)14(19)12-10-13(16-11-15-12)18-8-6-5-7-9-18/h10-11H,3-9H2,1-2H3. The molecule has 1 saturated heterocycles. The Balaban J connectivity index is 2.16. The summed E-state index contributed by atoms with van der Waals surface area (Å²) in [6.45, 7) is 7.42. The molecule has 2 heterocycles. The molecule has 0 bridgehead atoms. The van der Waals surface area contributed by atoms with Gasteiger partial charge in [0.05, 0.1) is 0 Å². The maximum absolute atomic E-state index is 12.3. The van der Waals surface area contributed by atoms with Crippen molar-refractivity contribution in [3.05, 3.63) is 18.1 Å². The topological polar surface area (TPSA) is 49.3 Å². The van der Waals surface area contributed by atoms with Gasteiger partial charge in [-0.3, -0.25) is 4.79 Å². The van der Waals surface area contributed by atoms with Crippen LogP contribution in [0.1, 0.15) is 43.6 Å². The van der Waals surface area contributed by atoms with E-state index in [1.54, 1.807) is 4.90 Å². The van der Waals surface area contributed by atoms with E-state index in [1.165, 1.54) is 25.6 Å². The van der Waals surface area contributed by atoms with Gasteiger partial charge < -0.3 is 9.80 Å². The summed E-state index contributed by atoms with van der Waals surface area (Å²) in [5, 5.41) is 0. The van der Waals surface area contributed by atoms with E-state index in [2.05, 4.69) is 14.9 Å². The number of amides is 1. The third-order valence-corrected chi connectivity index (χ3v) is 3.60. The smallest absolute Gasteiger partial charge is 0.272 e. The van der Waals surface area contributed by atoms with E-state index >= 15 is 0 Å². The highest BCUT2D eigenvalue weighted by atomic mass is 16.2.